The van der Waals surface area contributed by atoms with Crippen molar-refractivity contribution in [1.29, 1.82) is 0 Å². The van der Waals surface area contributed by atoms with Gasteiger partial charge in [0.15, 0.2) is 0 Å². The lowest BCUT2D eigenvalue weighted by atomic mass is 10.0. The number of carbonyl (C=O) groups excluding carboxylic acids is 1. The molecule has 2 rings (SSSR count). The Labute approximate surface area is 102 Å². The summed E-state index contributed by atoms with van der Waals surface area (Å²) in [5, 5.41) is 0. The second kappa shape index (κ2) is 4.83. The highest BCUT2D eigenvalue weighted by Gasteiger charge is 2.29. The summed E-state index contributed by atoms with van der Waals surface area (Å²) in [5.41, 5.74) is 1.03. The number of hydrogen-bond donors (Lipinski definition) is 0. The molecule has 0 N–H and O–H groups in total. The Balaban J connectivity index is 2.12. The van der Waals surface area contributed by atoms with E-state index in [1.54, 1.807) is 0 Å². The molecule has 0 saturated carbocycles. The molecule has 4 heteroatoms. The van der Waals surface area contributed by atoms with Crippen molar-refractivity contribution in [2.75, 3.05) is 4.43 Å². The Morgan fingerprint density at radius 1 is 1.27 bits per heavy atom. The van der Waals surface area contributed by atoms with Gasteiger partial charge in [0.2, 0.25) is 0 Å². The monoisotopic (exact) mass is 318 g/mol. The maximum absolute atomic E-state index is 11.2. The fourth-order valence-corrected chi connectivity index (χ4v) is 2.12. The summed E-state index contributed by atoms with van der Waals surface area (Å²) in [5.74, 6) is 0. The second-order valence-electron chi connectivity index (χ2n) is 3.40. The Hall–Kier alpha value is -0.780. The molecule has 1 heterocycles. The predicted octanol–water partition coefficient (Wildman–Crippen LogP) is 3.09. The molecule has 0 aliphatic carbocycles. The van der Waals surface area contributed by atoms with Gasteiger partial charge in [-0.25, -0.2) is 4.79 Å². The Morgan fingerprint density at radius 2 is 2.00 bits per heavy atom. The molecule has 1 aliphatic heterocycles. The van der Waals surface area contributed by atoms with Crippen LogP contribution >= 0.6 is 22.6 Å². The normalized spacial score (nSPS) is 25.5. The van der Waals surface area contributed by atoms with Crippen molar-refractivity contribution >= 4 is 28.7 Å². The van der Waals surface area contributed by atoms with Gasteiger partial charge in [0.1, 0.15) is 12.2 Å². The van der Waals surface area contributed by atoms with Gasteiger partial charge in [0.05, 0.1) is 0 Å². The minimum absolute atomic E-state index is 0.0305. The predicted molar refractivity (Wildman–Crippen MR) is 64.0 cm³/mol. The Morgan fingerprint density at radius 3 is 2.67 bits per heavy atom. The number of alkyl halides is 1. The van der Waals surface area contributed by atoms with Gasteiger partial charge in [-0.3, -0.25) is 0 Å². The quantitative estimate of drug-likeness (QED) is 0.477. The molecular weight excluding hydrogens is 307 g/mol. The van der Waals surface area contributed by atoms with Crippen LogP contribution in [0, 0.1) is 0 Å². The van der Waals surface area contributed by atoms with Gasteiger partial charge < -0.3 is 9.47 Å². The smallest absolute Gasteiger partial charge is 0.430 e. The highest BCUT2D eigenvalue weighted by Crippen LogP contribution is 2.29. The fourth-order valence-electron chi connectivity index (χ4n) is 1.58. The Bertz CT molecular complexity index is 339. The van der Waals surface area contributed by atoms with Crippen molar-refractivity contribution in [3.63, 3.8) is 0 Å². The first-order chi connectivity index (χ1) is 7.29. The van der Waals surface area contributed by atoms with Crippen LogP contribution in [-0.2, 0) is 9.47 Å². The molecular formula is C11H11IO3. The number of halogens is 1. The van der Waals surface area contributed by atoms with Crippen LogP contribution in [0.15, 0.2) is 30.3 Å². The summed E-state index contributed by atoms with van der Waals surface area (Å²) in [6, 6.07) is 9.76. The molecule has 80 valence electrons. The molecule has 0 radical (unpaired) electrons. The van der Waals surface area contributed by atoms with Gasteiger partial charge in [-0.2, -0.15) is 0 Å². The van der Waals surface area contributed by atoms with Crippen LogP contribution in [0.2, 0.25) is 0 Å². The highest BCUT2D eigenvalue weighted by atomic mass is 127. The third kappa shape index (κ3) is 2.62. The van der Waals surface area contributed by atoms with Gasteiger partial charge >= 0.3 is 6.16 Å². The van der Waals surface area contributed by atoms with Crippen LogP contribution in [0.4, 0.5) is 4.79 Å². The SMILES string of the molecule is O=C1O[C@H](CI)C[C@H](c2ccccc2)O1. The molecule has 0 amide bonds. The van der Waals surface area contributed by atoms with Crippen LogP contribution in [0.3, 0.4) is 0 Å². The maximum Gasteiger partial charge on any atom is 0.509 e. The van der Waals surface area contributed by atoms with Crippen molar-refractivity contribution in [1.82, 2.24) is 0 Å². The van der Waals surface area contributed by atoms with E-state index in [-0.39, 0.29) is 12.2 Å². The molecule has 2 atom stereocenters. The molecule has 1 aromatic carbocycles. The average molecular weight is 318 g/mol. The third-order valence-corrected chi connectivity index (χ3v) is 3.30. The van der Waals surface area contributed by atoms with E-state index >= 15 is 0 Å². The average Bonchev–Trinajstić information content (AvgIpc) is 2.29. The highest BCUT2D eigenvalue weighted by molar-refractivity contribution is 14.1. The lowest BCUT2D eigenvalue weighted by Crippen LogP contribution is -2.30. The number of carbonyl (C=O) groups is 1. The molecule has 0 aromatic heterocycles. The molecule has 0 bridgehead atoms. The number of ether oxygens (including phenoxy) is 2. The van der Waals surface area contributed by atoms with E-state index in [1.165, 1.54) is 0 Å². The second-order valence-corrected chi connectivity index (χ2v) is 4.28. The molecule has 1 aliphatic rings. The molecule has 3 nitrogen and oxygen atoms in total. The first kappa shape index (κ1) is 10.7. The fraction of sp³-hybridized carbons (Fsp3) is 0.364. The van der Waals surface area contributed by atoms with Crippen molar-refractivity contribution in [2.45, 2.75) is 18.6 Å². The van der Waals surface area contributed by atoms with Gasteiger partial charge in [0, 0.05) is 10.8 Å². The van der Waals surface area contributed by atoms with E-state index in [2.05, 4.69) is 22.6 Å². The summed E-state index contributed by atoms with van der Waals surface area (Å²) in [6.07, 6.45) is -0.0142. The standard InChI is InChI=1S/C11H11IO3/c12-7-9-6-10(15-11(13)14-9)8-4-2-1-3-5-8/h1-5,9-10H,6-7H2/t9-,10+/m0/s1. The van der Waals surface area contributed by atoms with Gasteiger partial charge in [-0.15, -0.1) is 0 Å². The van der Waals surface area contributed by atoms with Crippen LogP contribution < -0.4 is 0 Å². The maximum atomic E-state index is 11.2. The van der Waals surface area contributed by atoms with Crippen molar-refractivity contribution in [3.05, 3.63) is 35.9 Å². The lowest BCUT2D eigenvalue weighted by Gasteiger charge is -2.28. The van der Waals surface area contributed by atoms with Crippen LogP contribution in [0.1, 0.15) is 18.1 Å². The Kier molecular flexibility index (Phi) is 3.45. The van der Waals surface area contributed by atoms with Crippen LogP contribution in [-0.4, -0.2) is 16.7 Å². The summed E-state index contributed by atoms with van der Waals surface area (Å²) in [6.45, 7) is 0. The first-order valence-electron chi connectivity index (χ1n) is 4.78. The molecule has 0 unspecified atom stereocenters. The summed E-state index contributed by atoms with van der Waals surface area (Å²) in [7, 11) is 0. The minimum Gasteiger partial charge on any atom is -0.430 e. The minimum atomic E-state index is -0.559. The van der Waals surface area contributed by atoms with Crippen LogP contribution in [0.5, 0.6) is 0 Å². The largest absolute Gasteiger partial charge is 0.509 e. The van der Waals surface area contributed by atoms with Crippen molar-refractivity contribution in [3.8, 4) is 0 Å². The van der Waals surface area contributed by atoms with E-state index in [0.717, 1.165) is 16.4 Å². The lowest BCUT2D eigenvalue weighted by molar-refractivity contribution is -0.0527. The molecule has 1 aromatic rings. The number of hydrogen-bond acceptors (Lipinski definition) is 3. The summed E-state index contributed by atoms with van der Waals surface area (Å²) >= 11 is 2.21. The van der Waals surface area contributed by atoms with E-state index in [9.17, 15) is 4.79 Å². The summed E-state index contributed by atoms with van der Waals surface area (Å²) in [4.78, 5) is 11.2. The van der Waals surface area contributed by atoms with Gasteiger partial charge in [-0.05, 0) is 5.56 Å². The number of benzene rings is 1. The topological polar surface area (TPSA) is 35.5 Å². The molecule has 0 spiro atoms. The zero-order valence-corrected chi connectivity index (χ0v) is 10.2. The van der Waals surface area contributed by atoms with E-state index in [1.807, 2.05) is 30.3 Å². The number of cyclic esters (lactones) is 2. The van der Waals surface area contributed by atoms with E-state index in [4.69, 9.17) is 9.47 Å². The third-order valence-electron chi connectivity index (χ3n) is 2.32. The zero-order valence-electron chi connectivity index (χ0n) is 8.06. The van der Waals surface area contributed by atoms with Crippen LogP contribution in [0.25, 0.3) is 0 Å². The van der Waals surface area contributed by atoms with Crippen molar-refractivity contribution in [2.24, 2.45) is 0 Å². The van der Waals surface area contributed by atoms with E-state index in [0.29, 0.717) is 0 Å². The van der Waals surface area contributed by atoms with E-state index < -0.39 is 6.16 Å². The van der Waals surface area contributed by atoms with Crippen molar-refractivity contribution < 1.29 is 14.3 Å². The number of rotatable bonds is 2. The zero-order chi connectivity index (χ0) is 10.7. The first-order valence-corrected chi connectivity index (χ1v) is 6.30. The molecule has 1 saturated heterocycles. The molecule has 1 fully saturated rings. The molecule has 15 heavy (non-hydrogen) atoms. The van der Waals surface area contributed by atoms with Gasteiger partial charge in [-0.1, -0.05) is 52.9 Å². The summed E-state index contributed by atoms with van der Waals surface area (Å²) < 4.78 is 11.0. The van der Waals surface area contributed by atoms with Gasteiger partial charge in [0.25, 0.3) is 0 Å².